The number of hydrogen-bond acceptors (Lipinski definition) is 6. The van der Waals surface area contributed by atoms with Crippen LogP contribution in [0.2, 0.25) is 0 Å². The van der Waals surface area contributed by atoms with Gasteiger partial charge in [-0.3, -0.25) is 10.1 Å². The molecular formula is C14H17N5O3S. The van der Waals surface area contributed by atoms with Crippen molar-refractivity contribution in [2.45, 2.75) is 6.92 Å². The average Bonchev–Trinajstić information content (AvgIpc) is 2.98. The number of urea groups is 1. The van der Waals surface area contributed by atoms with E-state index in [0.717, 1.165) is 15.3 Å². The Kier molecular flexibility index (Phi) is 4.28. The summed E-state index contributed by atoms with van der Waals surface area (Å²) in [5, 5.41) is 14.5. The zero-order chi connectivity index (χ0) is 16.4. The number of nitro benzene ring substituents is 1. The van der Waals surface area contributed by atoms with E-state index < -0.39 is 4.92 Å². The molecule has 0 unspecified atom stereocenters. The number of non-ortho nitro benzene ring substituents is 1. The normalized spacial score (nSPS) is 15.0. The fraction of sp³-hybridized carbons (Fsp3) is 0.429. The number of carbonyl (C=O) groups excluding carboxylic acids is 1. The quantitative estimate of drug-likeness (QED) is 0.685. The standard InChI is InChI=1S/C14H17N5O3S/c1-2-15-13(20)17-5-7-18(8-6-17)14-16-11-4-3-10(19(21)22)9-12(11)23-14/h3-4,9H,2,5-8H2,1H3,(H,15,20). The van der Waals surface area contributed by atoms with E-state index in [-0.39, 0.29) is 11.7 Å². The molecule has 122 valence electrons. The number of carbonyl (C=O) groups is 1. The van der Waals surface area contributed by atoms with E-state index >= 15 is 0 Å². The van der Waals surface area contributed by atoms with E-state index in [0.29, 0.717) is 32.7 Å². The Hall–Kier alpha value is -2.42. The van der Waals surface area contributed by atoms with Crippen LogP contribution in [0.3, 0.4) is 0 Å². The minimum absolute atomic E-state index is 0.0351. The largest absolute Gasteiger partial charge is 0.345 e. The summed E-state index contributed by atoms with van der Waals surface area (Å²) < 4.78 is 0.806. The lowest BCUT2D eigenvalue weighted by Gasteiger charge is -2.34. The summed E-state index contributed by atoms with van der Waals surface area (Å²) in [6.07, 6.45) is 0. The first kappa shape index (κ1) is 15.5. The van der Waals surface area contributed by atoms with Gasteiger partial charge in [-0.05, 0) is 13.0 Å². The summed E-state index contributed by atoms with van der Waals surface area (Å²) in [5.74, 6) is 0. The molecule has 1 N–H and O–H groups in total. The molecule has 2 heterocycles. The molecule has 1 aromatic carbocycles. The van der Waals surface area contributed by atoms with Crippen molar-refractivity contribution in [1.29, 1.82) is 0 Å². The highest BCUT2D eigenvalue weighted by Gasteiger charge is 2.23. The highest BCUT2D eigenvalue weighted by atomic mass is 32.1. The molecule has 2 aromatic rings. The third kappa shape index (κ3) is 3.19. The van der Waals surface area contributed by atoms with E-state index in [1.54, 1.807) is 17.0 Å². The van der Waals surface area contributed by atoms with Crippen molar-refractivity contribution in [2.24, 2.45) is 0 Å². The smallest absolute Gasteiger partial charge is 0.317 e. The number of rotatable bonds is 3. The number of thiazole rings is 1. The van der Waals surface area contributed by atoms with Gasteiger partial charge in [-0.15, -0.1) is 0 Å². The van der Waals surface area contributed by atoms with E-state index in [4.69, 9.17) is 0 Å². The summed E-state index contributed by atoms with van der Waals surface area (Å²) in [6.45, 7) is 5.21. The molecule has 0 saturated carbocycles. The number of nitro groups is 1. The van der Waals surface area contributed by atoms with Crippen molar-refractivity contribution in [3.8, 4) is 0 Å². The second-order valence-corrected chi connectivity index (χ2v) is 6.22. The summed E-state index contributed by atoms with van der Waals surface area (Å²) >= 11 is 1.45. The van der Waals surface area contributed by atoms with Crippen LogP contribution in [0.5, 0.6) is 0 Å². The third-order valence-corrected chi connectivity index (χ3v) is 4.82. The first-order valence-corrected chi connectivity index (χ1v) is 8.23. The molecule has 0 spiro atoms. The average molecular weight is 335 g/mol. The van der Waals surface area contributed by atoms with Crippen LogP contribution in [-0.2, 0) is 0 Å². The molecule has 0 aliphatic carbocycles. The minimum atomic E-state index is -0.399. The molecule has 9 heteroatoms. The van der Waals surface area contributed by atoms with Crippen LogP contribution < -0.4 is 10.2 Å². The van der Waals surface area contributed by atoms with E-state index in [2.05, 4.69) is 15.2 Å². The monoisotopic (exact) mass is 335 g/mol. The maximum Gasteiger partial charge on any atom is 0.317 e. The van der Waals surface area contributed by atoms with Crippen LogP contribution in [0.25, 0.3) is 10.2 Å². The second kappa shape index (κ2) is 6.37. The van der Waals surface area contributed by atoms with Crippen molar-refractivity contribution in [2.75, 3.05) is 37.6 Å². The van der Waals surface area contributed by atoms with Gasteiger partial charge in [-0.1, -0.05) is 11.3 Å². The van der Waals surface area contributed by atoms with Gasteiger partial charge >= 0.3 is 6.03 Å². The topological polar surface area (TPSA) is 91.6 Å². The Bertz CT molecular complexity index is 739. The molecule has 0 bridgehead atoms. The fourth-order valence-corrected chi connectivity index (χ4v) is 3.56. The summed E-state index contributed by atoms with van der Waals surface area (Å²) in [7, 11) is 0. The third-order valence-electron chi connectivity index (χ3n) is 3.74. The Balaban J connectivity index is 1.72. The number of aromatic nitrogens is 1. The maximum absolute atomic E-state index is 11.8. The molecule has 1 fully saturated rings. The van der Waals surface area contributed by atoms with Gasteiger partial charge < -0.3 is 15.1 Å². The first-order valence-electron chi connectivity index (χ1n) is 7.41. The SMILES string of the molecule is CCNC(=O)N1CCN(c2nc3ccc([N+](=O)[O-])cc3s2)CC1. The van der Waals surface area contributed by atoms with Crippen molar-refractivity contribution in [3.63, 3.8) is 0 Å². The zero-order valence-electron chi connectivity index (χ0n) is 12.7. The van der Waals surface area contributed by atoms with Gasteiger partial charge in [-0.25, -0.2) is 9.78 Å². The molecule has 1 aliphatic heterocycles. The lowest BCUT2D eigenvalue weighted by atomic mass is 10.3. The lowest BCUT2D eigenvalue weighted by molar-refractivity contribution is -0.384. The molecule has 3 rings (SSSR count). The molecule has 8 nitrogen and oxygen atoms in total. The van der Waals surface area contributed by atoms with Crippen LogP contribution in [0.15, 0.2) is 18.2 Å². The summed E-state index contributed by atoms with van der Waals surface area (Å²) in [6, 6.07) is 4.67. The van der Waals surface area contributed by atoms with Crippen molar-refractivity contribution in [1.82, 2.24) is 15.2 Å². The minimum Gasteiger partial charge on any atom is -0.345 e. The van der Waals surface area contributed by atoms with E-state index in [1.807, 2.05) is 6.92 Å². The Morgan fingerprint density at radius 1 is 1.39 bits per heavy atom. The van der Waals surface area contributed by atoms with Crippen LogP contribution in [0.4, 0.5) is 15.6 Å². The summed E-state index contributed by atoms with van der Waals surface area (Å²) in [5.41, 5.74) is 0.843. The second-order valence-electron chi connectivity index (χ2n) is 5.22. The Labute approximate surface area is 136 Å². The van der Waals surface area contributed by atoms with Crippen molar-refractivity contribution in [3.05, 3.63) is 28.3 Å². The van der Waals surface area contributed by atoms with Crippen LogP contribution in [0.1, 0.15) is 6.92 Å². The number of nitrogens with one attached hydrogen (secondary N) is 1. The van der Waals surface area contributed by atoms with Gasteiger partial charge in [0.1, 0.15) is 0 Å². The van der Waals surface area contributed by atoms with Crippen LogP contribution in [-0.4, -0.2) is 53.6 Å². The van der Waals surface area contributed by atoms with Gasteiger partial charge in [0.05, 0.1) is 15.1 Å². The molecular weight excluding hydrogens is 318 g/mol. The van der Waals surface area contributed by atoms with Crippen LogP contribution in [0, 0.1) is 10.1 Å². The van der Waals surface area contributed by atoms with E-state index in [9.17, 15) is 14.9 Å². The number of fused-ring (bicyclic) bond motifs is 1. The molecule has 0 atom stereocenters. The molecule has 0 radical (unpaired) electrons. The number of hydrogen-bond donors (Lipinski definition) is 1. The first-order chi connectivity index (χ1) is 11.1. The number of piperazine rings is 1. The maximum atomic E-state index is 11.8. The molecule has 23 heavy (non-hydrogen) atoms. The van der Waals surface area contributed by atoms with Gasteiger partial charge in [0.25, 0.3) is 5.69 Å². The van der Waals surface area contributed by atoms with Crippen LogP contribution >= 0.6 is 11.3 Å². The predicted octanol–water partition coefficient (Wildman–Crippen LogP) is 2.06. The fourth-order valence-electron chi connectivity index (χ4n) is 2.51. The number of benzene rings is 1. The number of anilines is 1. The summed E-state index contributed by atoms with van der Waals surface area (Å²) in [4.78, 5) is 30.7. The number of nitrogens with zero attached hydrogens (tertiary/aromatic N) is 4. The predicted molar refractivity (Wildman–Crippen MR) is 89.1 cm³/mol. The van der Waals surface area contributed by atoms with Gasteiger partial charge in [-0.2, -0.15) is 0 Å². The lowest BCUT2D eigenvalue weighted by Crippen LogP contribution is -2.51. The molecule has 1 saturated heterocycles. The zero-order valence-corrected chi connectivity index (χ0v) is 13.5. The molecule has 1 aromatic heterocycles. The Morgan fingerprint density at radius 3 is 2.78 bits per heavy atom. The highest BCUT2D eigenvalue weighted by molar-refractivity contribution is 7.22. The van der Waals surface area contributed by atoms with Crippen molar-refractivity contribution < 1.29 is 9.72 Å². The molecule has 1 aliphatic rings. The Morgan fingerprint density at radius 2 is 2.13 bits per heavy atom. The number of amides is 2. The van der Waals surface area contributed by atoms with Gasteiger partial charge in [0, 0.05) is 44.9 Å². The van der Waals surface area contributed by atoms with E-state index in [1.165, 1.54) is 17.4 Å². The molecule has 2 amide bonds. The van der Waals surface area contributed by atoms with Gasteiger partial charge in [0.15, 0.2) is 5.13 Å². The van der Waals surface area contributed by atoms with Crippen molar-refractivity contribution >= 4 is 38.4 Å². The highest BCUT2D eigenvalue weighted by Crippen LogP contribution is 2.31. The van der Waals surface area contributed by atoms with Gasteiger partial charge in [0.2, 0.25) is 0 Å².